The van der Waals surface area contributed by atoms with E-state index < -0.39 is 16.1 Å². The van der Waals surface area contributed by atoms with Gasteiger partial charge < -0.3 is 14.4 Å². The van der Waals surface area contributed by atoms with Crippen molar-refractivity contribution in [1.82, 2.24) is 9.21 Å². The molecule has 0 aromatic heterocycles. The van der Waals surface area contributed by atoms with Crippen LogP contribution in [-0.4, -0.2) is 63.6 Å². The zero-order valence-electron chi connectivity index (χ0n) is 13.3. The first-order chi connectivity index (χ1) is 11.3. The molecule has 1 heterocycles. The molecule has 1 amide bonds. The topological polar surface area (TPSA) is 76.2 Å². The Morgan fingerprint density at radius 2 is 1.83 bits per heavy atom. The SMILES string of the molecule is CCOC(=O)N1CCN(S(=O)(=O)c2ccc(Cl)c(Cl)c2OC)CC1. The Morgan fingerprint density at radius 3 is 2.38 bits per heavy atom. The van der Waals surface area contributed by atoms with Crippen LogP contribution in [0.5, 0.6) is 5.75 Å². The molecule has 0 spiro atoms. The van der Waals surface area contributed by atoms with E-state index in [0.29, 0.717) is 0 Å². The van der Waals surface area contributed by atoms with E-state index in [2.05, 4.69) is 0 Å². The second-order valence-electron chi connectivity index (χ2n) is 4.98. The Hall–Kier alpha value is -1.22. The van der Waals surface area contributed by atoms with E-state index in [0.717, 1.165) is 0 Å². The maximum absolute atomic E-state index is 12.8. The number of sulfonamides is 1. The maximum atomic E-state index is 12.8. The van der Waals surface area contributed by atoms with Crippen molar-refractivity contribution in [2.24, 2.45) is 0 Å². The first-order valence-electron chi connectivity index (χ1n) is 7.26. The van der Waals surface area contributed by atoms with E-state index in [4.69, 9.17) is 32.7 Å². The minimum atomic E-state index is -3.82. The summed E-state index contributed by atoms with van der Waals surface area (Å²) in [5, 5.41) is 0.255. The van der Waals surface area contributed by atoms with Crippen molar-refractivity contribution in [3.8, 4) is 5.75 Å². The molecule has 2 rings (SSSR count). The van der Waals surface area contributed by atoms with Gasteiger partial charge in [0.05, 0.1) is 18.7 Å². The van der Waals surface area contributed by atoms with Crippen molar-refractivity contribution >= 4 is 39.3 Å². The highest BCUT2D eigenvalue weighted by molar-refractivity contribution is 7.89. The van der Waals surface area contributed by atoms with E-state index in [9.17, 15) is 13.2 Å². The van der Waals surface area contributed by atoms with Gasteiger partial charge in [-0.2, -0.15) is 4.31 Å². The summed E-state index contributed by atoms with van der Waals surface area (Å²) in [4.78, 5) is 13.1. The van der Waals surface area contributed by atoms with Crippen LogP contribution in [0.2, 0.25) is 10.0 Å². The predicted octanol–water partition coefficient (Wildman–Crippen LogP) is 2.46. The first kappa shape index (κ1) is 19.1. The number of ether oxygens (including phenoxy) is 2. The Bertz CT molecular complexity index is 718. The molecule has 1 fully saturated rings. The van der Waals surface area contributed by atoms with Crippen LogP contribution in [0.4, 0.5) is 4.79 Å². The van der Waals surface area contributed by atoms with Crippen molar-refractivity contribution in [1.29, 1.82) is 0 Å². The van der Waals surface area contributed by atoms with Crippen LogP contribution in [0, 0.1) is 0 Å². The van der Waals surface area contributed by atoms with Gasteiger partial charge >= 0.3 is 6.09 Å². The molecular weight excluding hydrogens is 379 g/mol. The number of methoxy groups -OCH3 is 1. The van der Waals surface area contributed by atoms with Gasteiger partial charge in [0.1, 0.15) is 9.92 Å². The van der Waals surface area contributed by atoms with Crippen molar-refractivity contribution < 1.29 is 22.7 Å². The Morgan fingerprint density at radius 1 is 1.21 bits per heavy atom. The molecule has 1 saturated heterocycles. The van der Waals surface area contributed by atoms with Gasteiger partial charge in [-0.05, 0) is 19.1 Å². The van der Waals surface area contributed by atoms with Crippen LogP contribution >= 0.6 is 23.2 Å². The third-order valence-electron chi connectivity index (χ3n) is 3.60. The van der Waals surface area contributed by atoms with Crippen LogP contribution in [0.25, 0.3) is 0 Å². The molecule has 0 bridgehead atoms. The quantitative estimate of drug-likeness (QED) is 0.780. The van der Waals surface area contributed by atoms with Crippen molar-refractivity contribution in [3.63, 3.8) is 0 Å². The summed E-state index contributed by atoms with van der Waals surface area (Å²) < 4.78 is 37.0. The minimum absolute atomic E-state index is 0.0111. The molecule has 0 N–H and O–H groups in total. The van der Waals surface area contributed by atoms with E-state index >= 15 is 0 Å². The monoisotopic (exact) mass is 396 g/mol. The number of piperazine rings is 1. The summed E-state index contributed by atoms with van der Waals surface area (Å²) in [6.07, 6.45) is -0.443. The summed E-state index contributed by atoms with van der Waals surface area (Å²) in [5.74, 6) is 0.0111. The number of amides is 1. The normalized spacial score (nSPS) is 16.1. The molecule has 1 aliphatic heterocycles. The lowest BCUT2D eigenvalue weighted by Crippen LogP contribution is -2.50. The van der Waals surface area contributed by atoms with Crippen molar-refractivity contribution in [3.05, 3.63) is 22.2 Å². The molecule has 1 aliphatic rings. The summed E-state index contributed by atoms with van der Waals surface area (Å²) in [7, 11) is -2.49. The largest absolute Gasteiger partial charge is 0.494 e. The molecule has 0 radical (unpaired) electrons. The number of nitrogens with zero attached hydrogens (tertiary/aromatic N) is 2. The number of halogens is 2. The second-order valence-corrected chi connectivity index (χ2v) is 7.67. The summed E-state index contributed by atoms with van der Waals surface area (Å²) in [5.41, 5.74) is 0. The molecular formula is C14H18Cl2N2O5S. The van der Waals surface area contributed by atoms with Gasteiger partial charge in [0.2, 0.25) is 10.0 Å². The molecule has 24 heavy (non-hydrogen) atoms. The van der Waals surface area contributed by atoms with Gasteiger partial charge in [-0.3, -0.25) is 0 Å². The molecule has 7 nitrogen and oxygen atoms in total. The van der Waals surface area contributed by atoms with E-state index in [1.807, 2.05) is 0 Å². The smallest absolute Gasteiger partial charge is 0.409 e. The lowest BCUT2D eigenvalue weighted by atomic mass is 10.3. The third kappa shape index (κ3) is 3.72. The fraction of sp³-hybridized carbons (Fsp3) is 0.500. The van der Waals surface area contributed by atoms with Crippen LogP contribution in [0.1, 0.15) is 6.92 Å². The van der Waals surface area contributed by atoms with Crippen LogP contribution in [0.15, 0.2) is 17.0 Å². The van der Waals surface area contributed by atoms with Gasteiger partial charge in [-0.25, -0.2) is 13.2 Å². The Kier molecular flexibility index (Phi) is 6.19. The fourth-order valence-electron chi connectivity index (χ4n) is 2.37. The Balaban J connectivity index is 2.21. The highest BCUT2D eigenvalue weighted by atomic mass is 35.5. The number of rotatable bonds is 4. The molecule has 0 aliphatic carbocycles. The number of carbonyl (C=O) groups is 1. The van der Waals surface area contributed by atoms with Gasteiger partial charge in [0.15, 0.2) is 5.75 Å². The van der Waals surface area contributed by atoms with E-state index in [1.165, 1.54) is 28.4 Å². The minimum Gasteiger partial charge on any atom is -0.494 e. The van der Waals surface area contributed by atoms with Crippen molar-refractivity contribution in [2.45, 2.75) is 11.8 Å². The van der Waals surface area contributed by atoms with E-state index in [-0.39, 0.29) is 53.5 Å². The van der Waals surface area contributed by atoms with Gasteiger partial charge in [0.25, 0.3) is 0 Å². The molecule has 10 heteroatoms. The lowest BCUT2D eigenvalue weighted by Gasteiger charge is -2.33. The van der Waals surface area contributed by atoms with Crippen LogP contribution < -0.4 is 4.74 Å². The van der Waals surface area contributed by atoms with Crippen LogP contribution in [-0.2, 0) is 14.8 Å². The number of benzene rings is 1. The first-order valence-corrected chi connectivity index (χ1v) is 9.46. The summed E-state index contributed by atoms with van der Waals surface area (Å²) in [6.45, 7) is 2.81. The average Bonchev–Trinajstić information content (AvgIpc) is 2.57. The maximum Gasteiger partial charge on any atom is 0.409 e. The number of hydrogen-bond acceptors (Lipinski definition) is 5. The van der Waals surface area contributed by atoms with Gasteiger partial charge in [-0.15, -0.1) is 0 Å². The summed E-state index contributed by atoms with van der Waals surface area (Å²) >= 11 is 11.9. The zero-order chi connectivity index (χ0) is 17.9. The summed E-state index contributed by atoms with van der Waals surface area (Å²) in [6, 6.07) is 2.77. The standard InChI is InChI=1S/C14H18Cl2N2O5S/c1-3-23-14(19)17-6-8-18(9-7-17)24(20,21)11-5-4-10(15)12(16)13(11)22-2/h4-5H,3,6-9H2,1-2H3. The van der Waals surface area contributed by atoms with Gasteiger partial charge in [-0.1, -0.05) is 23.2 Å². The number of carbonyl (C=O) groups excluding carboxylic acids is 1. The van der Waals surface area contributed by atoms with Gasteiger partial charge in [0, 0.05) is 26.2 Å². The zero-order valence-corrected chi connectivity index (χ0v) is 15.6. The number of hydrogen-bond donors (Lipinski definition) is 0. The molecule has 134 valence electrons. The van der Waals surface area contributed by atoms with E-state index in [1.54, 1.807) is 6.92 Å². The molecule has 0 saturated carbocycles. The van der Waals surface area contributed by atoms with Crippen LogP contribution in [0.3, 0.4) is 0 Å². The second kappa shape index (κ2) is 7.77. The fourth-order valence-corrected chi connectivity index (χ4v) is 4.40. The molecule has 1 aromatic rings. The molecule has 1 aromatic carbocycles. The molecule has 0 atom stereocenters. The Labute approximate surface area is 151 Å². The third-order valence-corrected chi connectivity index (χ3v) is 6.31. The lowest BCUT2D eigenvalue weighted by molar-refractivity contribution is 0.0934. The average molecular weight is 397 g/mol. The molecule has 0 unspecified atom stereocenters. The highest BCUT2D eigenvalue weighted by Crippen LogP contribution is 2.38. The predicted molar refractivity (Wildman–Crippen MR) is 90.4 cm³/mol. The van der Waals surface area contributed by atoms with Crippen molar-refractivity contribution in [2.75, 3.05) is 39.9 Å². The highest BCUT2D eigenvalue weighted by Gasteiger charge is 2.33.